The Balaban J connectivity index is 2.20. The number of sulfonamides is 1. The van der Waals surface area contributed by atoms with Crippen molar-refractivity contribution in [1.82, 2.24) is 14.9 Å². The van der Waals surface area contributed by atoms with Gasteiger partial charge in [-0.05, 0) is 20.3 Å². The van der Waals surface area contributed by atoms with E-state index < -0.39 is 10.0 Å². The predicted octanol–water partition coefficient (Wildman–Crippen LogP) is -0.255. The molecule has 0 radical (unpaired) electrons. The van der Waals surface area contributed by atoms with Gasteiger partial charge in [0.25, 0.3) is 0 Å². The molecule has 19 heavy (non-hydrogen) atoms. The number of nitrogens with zero attached hydrogens (tertiary/aromatic N) is 1. The van der Waals surface area contributed by atoms with E-state index >= 15 is 0 Å². The number of rotatable bonds is 5. The van der Waals surface area contributed by atoms with Crippen molar-refractivity contribution >= 4 is 16.1 Å². The van der Waals surface area contributed by atoms with Crippen LogP contribution < -0.4 is 10.0 Å². The zero-order chi connectivity index (χ0) is 14.5. The molecule has 1 aliphatic heterocycles. The van der Waals surface area contributed by atoms with Crippen LogP contribution in [0.15, 0.2) is 0 Å². The molecule has 0 aromatic carbocycles. The molecule has 112 valence electrons. The lowest BCUT2D eigenvalue weighted by Gasteiger charge is -2.35. The minimum atomic E-state index is -3.15. The van der Waals surface area contributed by atoms with E-state index in [9.17, 15) is 13.2 Å². The summed E-state index contributed by atoms with van der Waals surface area (Å²) in [5.41, 5.74) is 0. The smallest absolute Gasteiger partial charge is 0.317 e. The molecule has 0 saturated carbocycles. The van der Waals surface area contributed by atoms with Crippen LogP contribution in [0.5, 0.6) is 0 Å². The molecular weight excluding hydrogens is 270 g/mol. The molecule has 1 aliphatic rings. The molecule has 8 heteroatoms. The number of nitrogens with one attached hydrogen (secondary N) is 2. The third kappa shape index (κ3) is 6.74. The SMILES string of the molecule is C[C@@H]1CN(C(=O)NCCCNS(C)(=O)=O)C[C@H](C)O1. The fourth-order valence-corrected chi connectivity index (χ4v) is 2.51. The van der Waals surface area contributed by atoms with Crippen LogP contribution in [0.2, 0.25) is 0 Å². The molecule has 2 N–H and O–H groups in total. The second-order valence-electron chi connectivity index (χ2n) is 4.91. The normalized spacial score (nSPS) is 24.3. The molecule has 2 atom stereocenters. The summed E-state index contributed by atoms with van der Waals surface area (Å²) in [6.07, 6.45) is 1.76. The van der Waals surface area contributed by atoms with Gasteiger partial charge in [0.15, 0.2) is 0 Å². The van der Waals surface area contributed by atoms with Gasteiger partial charge in [0.2, 0.25) is 10.0 Å². The molecule has 7 nitrogen and oxygen atoms in total. The van der Waals surface area contributed by atoms with Crippen molar-refractivity contribution in [2.24, 2.45) is 0 Å². The standard InChI is InChI=1S/C11H23N3O4S/c1-9-7-14(8-10(2)18-9)11(15)12-5-4-6-13-19(3,16)17/h9-10,13H,4-8H2,1-3H3,(H,12,15)/t9-,10+. The summed E-state index contributed by atoms with van der Waals surface area (Å²) in [4.78, 5) is 13.6. The van der Waals surface area contributed by atoms with Crippen molar-refractivity contribution in [2.75, 3.05) is 32.4 Å². The highest BCUT2D eigenvalue weighted by Crippen LogP contribution is 2.10. The summed E-state index contributed by atoms with van der Waals surface area (Å²) in [6, 6.07) is -0.124. The molecule has 0 aromatic rings. The Kier molecular flexibility index (Phi) is 6.02. The van der Waals surface area contributed by atoms with E-state index in [-0.39, 0.29) is 18.2 Å². The summed E-state index contributed by atoms with van der Waals surface area (Å²) in [5, 5.41) is 2.78. The lowest BCUT2D eigenvalue weighted by molar-refractivity contribution is -0.0545. The average Bonchev–Trinajstić information content (AvgIpc) is 2.25. The molecule has 2 amide bonds. The summed E-state index contributed by atoms with van der Waals surface area (Å²) in [5.74, 6) is 0. The van der Waals surface area contributed by atoms with E-state index in [1.54, 1.807) is 4.90 Å². The highest BCUT2D eigenvalue weighted by atomic mass is 32.2. The topological polar surface area (TPSA) is 87.7 Å². The number of ether oxygens (including phenoxy) is 1. The molecule has 1 heterocycles. The van der Waals surface area contributed by atoms with Gasteiger partial charge in [0.1, 0.15) is 0 Å². The van der Waals surface area contributed by atoms with E-state index in [1.165, 1.54) is 0 Å². The largest absolute Gasteiger partial charge is 0.372 e. The van der Waals surface area contributed by atoms with Crippen LogP contribution in [0.3, 0.4) is 0 Å². The second kappa shape index (κ2) is 7.06. The average molecular weight is 293 g/mol. The number of amides is 2. The Labute approximate surface area is 114 Å². The zero-order valence-corrected chi connectivity index (χ0v) is 12.5. The number of morpholine rings is 1. The fraction of sp³-hybridized carbons (Fsp3) is 0.909. The number of carbonyl (C=O) groups excluding carboxylic acids is 1. The number of hydrogen-bond donors (Lipinski definition) is 2. The van der Waals surface area contributed by atoms with Gasteiger partial charge in [-0.3, -0.25) is 0 Å². The van der Waals surface area contributed by atoms with E-state index in [4.69, 9.17) is 4.74 Å². The third-order valence-electron chi connectivity index (χ3n) is 2.70. The molecule has 0 aromatic heterocycles. The minimum absolute atomic E-state index is 0.0430. The van der Waals surface area contributed by atoms with E-state index in [1.807, 2.05) is 13.8 Å². The van der Waals surface area contributed by atoms with E-state index in [2.05, 4.69) is 10.0 Å². The highest BCUT2D eigenvalue weighted by molar-refractivity contribution is 7.88. The van der Waals surface area contributed by atoms with Gasteiger partial charge in [-0.15, -0.1) is 0 Å². The molecule has 1 rings (SSSR count). The molecule has 0 spiro atoms. The van der Waals surface area contributed by atoms with Gasteiger partial charge >= 0.3 is 6.03 Å². The quantitative estimate of drug-likeness (QED) is 0.684. The van der Waals surface area contributed by atoms with Gasteiger partial charge in [-0.25, -0.2) is 17.9 Å². The first kappa shape index (κ1) is 16.2. The van der Waals surface area contributed by atoms with Crippen molar-refractivity contribution < 1.29 is 17.9 Å². The molecular formula is C11H23N3O4S. The van der Waals surface area contributed by atoms with Crippen molar-refractivity contribution in [3.05, 3.63) is 0 Å². The van der Waals surface area contributed by atoms with Crippen LogP contribution in [0.25, 0.3) is 0 Å². The number of hydrogen-bond acceptors (Lipinski definition) is 4. The first-order chi connectivity index (χ1) is 8.78. The van der Waals surface area contributed by atoms with Crippen molar-refractivity contribution in [3.63, 3.8) is 0 Å². The van der Waals surface area contributed by atoms with Crippen LogP contribution in [0.1, 0.15) is 20.3 Å². The Bertz CT molecular complexity index is 389. The Morgan fingerprint density at radius 2 is 1.84 bits per heavy atom. The Morgan fingerprint density at radius 1 is 1.26 bits per heavy atom. The summed E-state index contributed by atoms with van der Waals surface area (Å²) >= 11 is 0. The van der Waals surface area contributed by atoms with E-state index in [0.29, 0.717) is 32.6 Å². The lowest BCUT2D eigenvalue weighted by Crippen LogP contribution is -2.51. The van der Waals surface area contributed by atoms with Gasteiger partial charge in [0, 0.05) is 26.2 Å². The maximum Gasteiger partial charge on any atom is 0.317 e. The van der Waals surface area contributed by atoms with Crippen LogP contribution in [0.4, 0.5) is 4.79 Å². The van der Waals surface area contributed by atoms with Crippen LogP contribution in [0, 0.1) is 0 Å². The van der Waals surface area contributed by atoms with Crippen LogP contribution in [-0.4, -0.2) is 64.0 Å². The maximum atomic E-state index is 11.9. The predicted molar refractivity (Wildman–Crippen MR) is 72.4 cm³/mol. The Morgan fingerprint density at radius 3 is 2.37 bits per heavy atom. The van der Waals surface area contributed by atoms with Gasteiger partial charge in [0.05, 0.1) is 18.5 Å². The maximum absolute atomic E-state index is 11.9. The summed E-state index contributed by atoms with van der Waals surface area (Å²) in [6.45, 7) is 5.81. The third-order valence-corrected chi connectivity index (χ3v) is 3.43. The van der Waals surface area contributed by atoms with E-state index in [0.717, 1.165) is 6.26 Å². The number of carbonyl (C=O) groups is 1. The van der Waals surface area contributed by atoms with Crippen LogP contribution >= 0.6 is 0 Å². The second-order valence-corrected chi connectivity index (χ2v) is 6.75. The lowest BCUT2D eigenvalue weighted by atomic mass is 10.2. The molecule has 0 bridgehead atoms. The first-order valence-corrected chi connectivity index (χ1v) is 8.30. The fourth-order valence-electron chi connectivity index (χ4n) is 2.00. The minimum Gasteiger partial charge on any atom is -0.372 e. The van der Waals surface area contributed by atoms with Crippen LogP contribution in [-0.2, 0) is 14.8 Å². The molecule has 1 fully saturated rings. The van der Waals surface area contributed by atoms with Crippen molar-refractivity contribution in [3.8, 4) is 0 Å². The highest BCUT2D eigenvalue weighted by Gasteiger charge is 2.25. The van der Waals surface area contributed by atoms with Crippen molar-refractivity contribution in [2.45, 2.75) is 32.5 Å². The molecule has 0 aliphatic carbocycles. The summed E-state index contributed by atoms with van der Waals surface area (Å²) < 4.78 is 29.6. The molecule has 1 saturated heterocycles. The Hall–Kier alpha value is -0.860. The van der Waals surface area contributed by atoms with Gasteiger partial charge < -0.3 is 15.0 Å². The van der Waals surface area contributed by atoms with Crippen molar-refractivity contribution in [1.29, 1.82) is 0 Å². The monoisotopic (exact) mass is 293 g/mol. The first-order valence-electron chi connectivity index (χ1n) is 6.41. The molecule has 0 unspecified atom stereocenters. The summed E-state index contributed by atoms with van der Waals surface area (Å²) in [7, 11) is -3.15. The van der Waals surface area contributed by atoms with Gasteiger partial charge in [-0.2, -0.15) is 0 Å². The number of urea groups is 1. The zero-order valence-electron chi connectivity index (χ0n) is 11.7. The van der Waals surface area contributed by atoms with Gasteiger partial charge in [-0.1, -0.05) is 0 Å².